The van der Waals surface area contributed by atoms with Crippen LogP contribution in [0.3, 0.4) is 0 Å². The SMILES string of the molecule is COc1ccnc2ccc(/C=C3\SC(=N[C@H]4C[C@@H]4c4ccccc4)NC3=O)cc12. The van der Waals surface area contributed by atoms with Crippen molar-refractivity contribution in [3.05, 3.63) is 76.8 Å². The number of rotatable bonds is 4. The van der Waals surface area contributed by atoms with E-state index in [2.05, 4.69) is 34.6 Å². The number of fused-ring (bicyclic) bond motifs is 1. The largest absolute Gasteiger partial charge is 0.496 e. The Morgan fingerprint density at radius 3 is 2.90 bits per heavy atom. The molecule has 1 saturated heterocycles. The fraction of sp³-hybridized carbons (Fsp3) is 0.174. The van der Waals surface area contributed by atoms with Gasteiger partial charge >= 0.3 is 0 Å². The maximum absolute atomic E-state index is 12.4. The number of nitrogens with one attached hydrogen (secondary N) is 1. The topological polar surface area (TPSA) is 63.6 Å². The van der Waals surface area contributed by atoms with Crippen LogP contribution in [-0.4, -0.2) is 29.2 Å². The molecule has 1 saturated carbocycles. The second-order valence-corrected chi connectivity index (χ2v) is 8.14. The summed E-state index contributed by atoms with van der Waals surface area (Å²) >= 11 is 1.40. The summed E-state index contributed by atoms with van der Waals surface area (Å²) in [7, 11) is 1.64. The van der Waals surface area contributed by atoms with Crippen molar-refractivity contribution in [1.29, 1.82) is 0 Å². The Labute approximate surface area is 172 Å². The van der Waals surface area contributed by atoms with Gasteiger partial charge in [-0.15, -0.1) is 0 Å². The van der Waals surface area contributed by atoms with Gasteiger partial charge in [0.2, 0.25) is 0 Å². The van der Waals surface area contributed by atoms with Crippen LogP contribution in [0.25, 0.3) is 17.0 Å². The van der Waals surface area contributed by atoms with E-state index in [1.807, 2.05) is 36.4 Å². The molecule has 3 aromatic rings. The molecular weight excluding hydrogens is 382 g/mol. The van der Waals surface area contributed by atoms with Gasteiger partial charge in [-0.05, 0) is 53.6 Å². The number of ether oxygens (including phenoxy) is 1. The highest BCUT2D eigenvalue weighted by Crippen LogP contribution is 2.44. The lowest BCUT2D eigenvalue weighted by Crippen LogP contribution is -2.20. The first kappa shape index (κ1) is 17.9. The summed E-state index contributed by atoms with van der Waals surface area (Å²) in [5.41, 5.74) is 3.10. The Kier molecular flexibility index (Phi) is 4.56. The maximum Gasteiger partial charge on any atom is 0.264 e. The number of aliphatic imine (C=N–C) groups is 1. The van der Waals surface area contributed by atoms with Gasteiger partial charge in [0, 0.05) is 17.5 Å². The number of benzene rings is 2. The lowest BCUT2D eigenvalue weighted by molar-refractivity contribution is -0.115. The molecule has 2 heterocycles. The maximum atomic E-state index is 12.4. The van der Waals surface area contributed by atoms with Gasteiger partial charge in [-0.25, -0.2) is 0 Å². The Morgan fingerprint density at radius 1 is 1.21 bits per heavy atom. The zero-order valence-corrected chi connectivity index (χ0v) is 16.6. The molecule has 0 unspecified atom stereocenters. The Bertz CT molecular complexity index is 1160. The van der Waals surface area contributed by atoms with Crippen LogP contribution in [0.15, 0.2) is 70.7 Å². The molecule has 1 aromatic heterocycles. The Morgan fingerprint density at radius 2 is 2.07 bits per heavy atom. The highest BCUT2D eigenvalue weighted by atomic mass is 32.2. The number of amidine groups is 1. The van der Waals surface area contributed by atoms with E-state index >= 15 is 0 Å². The van der Waals surface area contributed by atoms with Crippen molar-refractivity contribution in [2.24, 2.45) is 4.99 Å². The second kappa shape index (κ2) is 7.37. The first-order chi connectivity index (χ1) is 14.2. The van der Waals surface area contributed by atoms with Gasteiger partial charge in [0.25, 0.3) is 5.91 Å². The highest BCUT2D eigenvalue weighted by molar-refractivity contribution is 8.18. The normalized spacial score (nSPS) is 23.6. The minimum Gasteiger partial charge on any atom is -0.496 e. The van der Waals surface area contributed by atoms with Crippen LogP contribution in [0.5, 0.6) is 5.75 Å². The van der Waals surface area contributed by atoms with Gasteiger partial charge in [0.1, 0.15) is 5.75 Å². The number of thioether (sulfide) groups is 1. The molecule has 1 amide bonds. The van der Waals surface area contributed by atoms with Crippen molar-refractivity contribution in [2.75, 3.05) is 7.11 Å². The van der Waals surface area contributed by atoms with Crippen LogP contribution in [0.4, 0.5) is 0 Å². The summed E-state index contributed by atoms with van der Waals surface area (Å²) in [6, 6.07) is 18.4. The Hall–Kier alpha value is -3.12. The van der Waals surface area contributed by atoms with E-state index < -0.39 is 0 Å². The monoisotopic (exact) mass is 401 g/mol. The van der Waals surface area contributed by atoms with Gasteiger partial charge in [-0.3, -0.25) is 14.8 Å². The van der Waals surface area contributed by atoms with E-state index in [0.29, 0.717) is 16.0 Å². The molecule has 0 bridgehead atoms. The van der Waals surface area contributed by atoms with Crippen LogP contribution < -0.4 is 10.1 Å². The predicted octanol–water partition coefficient (Wildman–Crippen LogP) is 4.36. The van der Waals surface area contributed by atoms with Crippen molar-refractivity contribution >= 4 is 39.8 Å². The summed E-state index contributed by atoms with van der Waals surface area (Å²) in [6.07, 6.45) is 4.64. The number of aromatic nitrogens is 1. The lowest BCUT2D eigenvalue weighted by atomic mass is 10.1. The van der Waals surface area contributed by atoms with Gasteiger partial charge in [0.05, 0.1) is 23.6 Å². The van der Waals surface area contributed by atoms with Crippen molar-refractivity contribution in [3.8, 4) is 5.75 Å². The highest BCUT2D eigenvalue weighted by Gasteiger charge is 2.39. The summed E-state index contributed by atoms with van der Waals surface area (Å²) in [5, 5.41) is 4.50. The molecule has 6 heteroatoms. The van der Waals surface area contributed by atoms with Crippen molar-refractivity contribution < 1.29 is 9.53 Å². The number of amides is 1. The Balaban J connectivity index is 1.35. The molecule has 2 atom stereocenters. The van der Waals surface area contributed by atoms with Crippen molar-refractivity contribution in [1.82, 2.24) is 10.3 Å². The van der Waals surface area contributed by atoms with Crippen LogP contribution in [0.1, 0.15) is 23.5 Å². The molecule has 1 N–H and O–H groups in total. The molecule has 2 aliphatic rings. The number of methoxy groups -OCH3 is 1. The van der Waals surface area contributed by atoms with Crippen molar-refractivity contribution in [3.63, 3.8) is 0 Å². The number of nitrogens with zero attached hydrogens (tertiary/aromatic N) is 2. The van der Waals surface area contributed by atoms with Gasteiger partial charge in [0.15, 0.2) is 5.17 Å². The minimum atomic E-state index is -0.107. The van der Waals surface area contributed by atoms with Crippen LogP contribution in [0.2, 0.25) is 0 Å². The fourth-order valence-electron chi connectivity index (χ4n) is 3.58. The molecule has 5 nitrogen and oxygen atoms in total. The predicted molar refractivity (Wildman–Crippen MR) is 117 cm³/mol. The van der Waals surface area contributed by atoms with E-state index in [-0.39, 0.29) is 11.9 Å². The molecule has 0 radical (unpaired) electrons. The summed E-state index contributed by atoms with van der Waals surface area (Å²) in [5.74, 6) is 1.11. The number of pyridine rings is 1. The molecule has 5 rings (SSSR count). The molecule has 0 spiro atoms. The van der Waals surface area contributed by atoms with Crippen LogP contribution >= 0.6 is 11.8 Å². The van der Waals surface area contributed by atoms with E-state index in [1.165, 1.54) is 17.3 Å². The molecule has 144 valence electrons. The van der Waals surface area contributed by atoms with E-state index in [0.717, 1.165) is 28.6 Å². The number of carbonyl (C=O) groups is 1. The first-order valence-electron chi connectivity index (χ1n) is 9.47. The first-order valence-corrected chi connectivity index (χ1v) is 10.3. The molecule has 1 aliphatic heterocycles. The quantitative estimate of drug-likeness (QED) is 0.660. The summed E-state index contributed by atoms with van der Waals surface area (Å²) in [6.45, 7) is 0. The van der Waals surface area contributed by atoms with Crippen molar-refractivity contribution in [2.45, 2.75) is 18.4 Å². The molecule has 2 fully saturated rings. The second-order valence-electron chi connectivity index (χ2n) is 7.11. The third-order valence-electron chi connectivity index (χ3n) is 5.16. The van der Waals surface area contributed by atoms with Crippen LogP contribution in [-0.2, 0) is 4.79 Å². The lowest BCUT2D eigenvalue weighted by Gasteiger charge is -2.05. The zero-order valence-electron chi connectivity index (χ0n) is 15.8. The third kappa shape index (κ3) is 3.63. The number of hydrogen-bond donors (Lipinski definition) is 1. The standard InChI is InChI=1S/C23H19N3O2S/c1-28-20-9-10-24-18-8-7-14(11-17(18)20)12-21-22(27)26-23(29-21)25-19-13-16(19)15-5-3-2-4-6-15/h2-12,16,19H,13H2,1H3,(H,25,26,27)/b21-12-/t16-,19+/m1/s1. The third-order valence-corrected chi connectivity index (χ3v) is 6.09. The van der Waals surface area contributed by atoms with Gasteiger partial charge in [-0.1, -0.05) is 36.4 Å². The number of hydrogen-bond acceptors (Lipinski definition) is 5. The van der Waals surface area contributed by atoms with E-state index in [4.69, 9.17) is 9.73 Å². The zero-order chi connectivity index (χ0) is 19.8. The van der Waals surface area contributed by atoms with Gasteiger partial charge in [-0.2, -0.15) is 0 Å². The minimum absolute atomic E-state index is 0.107. The van der Waals surface area contributed by atoms with Crippen LogP contribution in [0, 0.1) is 0 Å². The average Bonchev–Trinajstić information content (AvgIpc) is 3.43. The summed E-state index contributed by atoms with van der Waals surface area (Å²) < 4.78 is 5.42. The smallest absolute Gasteiger partial charge is 0.264 e. The van der Waals surface area contributed by atoms with E-state index in [9.17, 15) is 4.79 Å². The molecule has 1 aliphatic carbocycles. The van der Waals surface area contributed by atoms with Gasteiger partial charge < -0.3 is 10.1 Å². The molecule has 29 heavy (non-hydrogen) atoms. The molecule has 2 aromatic carbocycles. The number of carbonyl (C=O) groups excluding carboxylic acids is 1. The molecular formula is C23H19N3O2S. The summed E-state index contributed by atoms with van der Waals surface area (Å²) in [4.78, 5) is 22.2. The van der Waals surface area contributed by atoms with E-state index in [1.54, 1.807) is 13.3 Å². The average molecular weight is 401 g/mol. The fourth-order valence-corrected chi connectivity index (χ4v) is 4.46.